The first kappa shape index (κ1) is 10.5. The molecule has 74 valence electrons. The van der Waals surface area contributed by atoms with Crippen LogP contribution < -0.4 is 0 Å². The van der Waals surface area contributed by atoms with E-state index in [9.17, 15) is 9.59 Å². The molecule has 0 amide bonds. The third-order valence-electron chi connectivity index (χ3n) is 1.88. The smallest absolute Gasteiger partial charge is 0.181 e. The molecule has 0 saturated heterocycles. The van der Waals surface area contributed by atoms with E-state index in [1.165, 1.54) is 12.4 Å². The highest BCUT2D eigenvalue weighted by Gasteiger charge is 2.09. The maximum Gasteiger partial charge on any atom is 0.181 e. The maximum atomic E-state index is 11.3. The Balaban J connectivity index is 3.01. The van der Waals surface area contributed by atoms with Gasteiger partial charge in [0.1, 0.15) is 17.7 Å². The maximum absolute atomic E-state index is 11.3. The summed E-state index contributed by atoms with van der Waals surface area (Å²) in [5.41, 5.74) is 0.638. The van der Waals surface area contributed by atoms with Gasteiger partial charge in [0.2, 0.25) is 0 Å². The lowest BCUT2D eigenvalue weighted by Crippen LogP contribution is -2.06. The number of carbonyl (C=O) groups excluding carboxylic acids is 2. The molecule has 0 aromatic carbocycles. The third-order valence-corrected chi connectivity index (χ3v) is 1.88. The minimum absolute atomic E-state index is 0.0717. The molecule has 1 heterocycles. The van der Waals surface area contributed by atoms with Gasteiger partial charge in [-0.25, -0.2) is 9.97 Å². The molecule has 4 heteroatoms. The van der Waals surface area contributed by atoms with E-state index in [4.69, 9.17) is 0 Å². The average Bonchev–Trinajstić information content (AvgIpc) is 2.27. The van der Waals surface area contributed by atoms with Gasteiger partial charge in [-0.3, -0.25) is 9.59 Å². The highest BCUT2D eigenvalue weighted by molar-refractivity contribution is 5.98. The number of hydrogen-bond donors (Lipinski definition) is 0. The van der Waals surface area contributed by atoms with Crippen molar-refractivity contribution in [2.75, 3.05) is 0 Å². The summed E-state index contributed by atoms with van der Waals surface area (Å²) in [5.74, 6) is -0.143. The summed E-state index contributed by atoms with van der Waals surface area (Å²) in [6, 6.07) is 1.46. The number of Topliss-reactive ketones (excluding diaryl/α,β-unsaturated/α-hetero) is 2. The van der Waals surface area contributed by atoms with Gasteiger partial charge in [0.25, 0.3) is 0 Å². The Morgan fingerprint density at radius 1 is 1.07 bits per heavy atom. The minimum atomic E-state index is -0.0717. The Bertz CT molecular complexity index is 330. The topological polar surface area (TPSA) is 59.9 Å². The lowest BCUT2D eigenvalue weighted by molar-refractivity contribution is 0.0982. The Labute approximate surface area is 82.4 Å². The molecule has 14 heavy (non-hydrogen) atoms. The van der Waals surface area contributed by atoms with Gasteiger partial charge in [0, 0.05) is 12.8 Å². The third kappa shape index (κ3) is 2.22. The fraction of sp³-hybridized carbons (Fsp3) is 0.400. The summed E-state index contributed by atoms with van der Waals surface area (Å²) in [4.78, 5) is 30.2. The fourth-order valence-electron chi connectivity index (χ4n) is 1.02. The van der Waals surface area contributed by atoms with Gasteiger partial charge in [-0.2, -0.15) is 0 Å². The van der Waals surface area contributed by atoms with E-state index in [0.717, 1.165) is 0 Å². The van der Waals surface area contributed by atoms with Crippen molar-refractivity contribution in [1.82, 2.24) is 9.97 Å². The molecule has 0 bridgehead atoms. The molecule has 0 unspecified atom stereocenters. The van der Waals surface area contributed by atoms with Crippen molar-refractivity contribution in [3.63, 3.8) is 0 Å². The molecule has 0 aliphatic carbocycles. The van der Waals surface area contributed by atoms with Gasteiger partial charge in [-0.05, 0) is 6.07 Å². The van der Waals surface area contributed by atoms with Crippen LogP contribution in [0, 0.1) is 0 Å². The first-order valence-electron chi connectivity index (χ1n) is 4.57. The standard InChI is InChI=1S/C10H12N2O2/c1-3-9(13)7-5-8(10(14)4-2)12-6-11-7/h5-6H,3-4H2,1-2H3. The monoisotopic (exact) mass is 192 g/mol. The number of carbonyl (C=O) groups is 2. The van der Waals surface area contributed by atoms with Crippen LogP contribution in [0.4, 0.5) is 0 Å². The van der Waals surface area contributed by atoms with Crippen molar-refractivity contribution in [2.24, 2.45) is 0 Å². The van der Waals surface area contributed by atoms with Crippen LogP contribution in [-0.2, 0) is 0 Å². The van der Waals surface area contributed by atoms with E-state index in [1.54, 1.807) is 13.8 Å². The number of nitrogens with zero attached hydrogens (tertiary/aromatic N) is 2. The quantitative estimate of drug-likeness (QED) is 0.681. The molecule has 0 N–H and O–H groups in total. The van der Waals surface area contributed by atoms with E-state index in [0.29, 0.717) is 24.2 Å². The first-order chi connectivity index (χ1) is 6.69. The second-order valence-electron chi connectivity index (χ2n) is 2.84. The van der Waals surface area contributed by atoms with Gasteiger partial charge in [0.05, 0.1) is 0 Å². The summed E-state index contributed by atoms with van der Waals surface area (Å²) in [6.07, 6.45) is 2.03. The predicted octanol–water partition coefficient (Wildman–Crippen LogP) is 1.66. The molecule has 0 saturated carbocycles. The van der Waals surface area contributed by atoms with Gasteiger partial charge >= 0.3 is 0 Å². The van der Waals surface area contributed by atoms with Crippen molar-refractivity contribution in [3.05, 3.63) is 23.8 Å². The van der Waals surface area contributed by atoms with Crippen molar-refractivity contribution >= 4 is 11.6 Å². The number of rotatable bonds is 4. The van der Waals surface area contributed by atoms with Crippen LogP contribution in [0.5, 0.6) is 0 Å². The van der Waals surface area contributed by atoms with E-state index < -0.39 is 0 Å². The summed E-state index contributed by atoms with van der Waals surface area (Å²) >= 11 is 0. The molecule has 0 atom stereocenters. The first-order valence-corrected chi connectivity index (χ1v) is 4.57. The van der Waals surface area contributed by atoms with Gasteiger partial charge in [0.15, 0.2) is 11.6 Å². The molecule has 0 aliphatic heterocycles. The SMILES string of the molecule is CCC(=O)c1cc(C(=O)CC)ncn1. The Morgan fingerprint density at radius 3 is 1.86 bits per heavy atom. The normalized spacial score (nSPS) is 9.86. The van der Waals surface area contributed by atoms with E-state index in [-0.39, 0.29) is 11.6 Å². The highest BCUT2D eigenvalue weighted by Crippen LogP contribution is 2.03. The van der Waals surface area contributed by atoms with Crippen LogP contribution in [0.2, 0.25) is 0 Å². The van der Waals surface area contributed by atoms with Gasteiger partial charge in [-0.1, -0.05) is 13.8 Å². The van der Waals surface area contributed by atoms with Crippen molar-refractivity contribution in [1.29, 1.82) is 0 Å². The Morgan fingerprint density at radius 2 is 1.50 bits per heavy atom. The van der Waals surface area contributed by atoms with Crippen LogP contribution in [0.1, 0.15) is 47.7 Å². The predicted molar refractivity (Wildman–Crippen MR) is 51.3 cm³/mol. The summed E-state index contributed by atoms with van der Waals surface area (Å²) in [7, 11) is 0. The van der Waals surface area contributed by atoms with E-state index >= 15 is 0 Å². The Hall–Kier alpha value is -1.58. The van der Waals surface area contributed by atoms with E-state index in [2.05, 4.69) is 9.97 Å². The number of hydrogen-bond acceptors (Lipinski definition) is 4. The molecule has 0 spiro atoms. The fourth-order valence-corrected chi connectivity index (χ4v) is 1.02. The lowest BCUT2D eigenvalue weighted by atomic mass is 10.1. The molecule has 0 radical (unpaired) electrons. The Kier molecular flexibility index (Phi) is 3.45. The van der Waals surface area contributed by atoms with Crippen LogP contribution in [0.25, 0.3) is 0 Å². The molecule has 4 nitrogen and oxygen atoms in total. The molecule has 0 fully saturated rings. The molecule has 0 aliphatic rings. The van der Waals surface area contributed by atoms with E-state index in [1.807, 2.05) is 0 Å². The largest absolute Gasteiger partial charge is 0.292 e. The van der Waals surface area contributed by atoms with Crippen LogP contribution >= 0.6 is 0 Å². The zero-order chi connectivity index (χ0) is 10.6. The number of aromatic nitrogens is 2. The van der Waals surface area contributed by atoms with Crippen LogP contribution in [0.3, 0.4) is 0 Å². The zero-order valence-electron chi connectivity index (χ0n) is 8.28. The molecule has 1 aromatic rings. The summed E-state index contributed by atoms with van der Waals surface area (Å²) < 4.78 is 0. The molecule has 1 aromatic heterocycles. The van der Waals surface area contributed by atoms with Crippen LogP contribution in [0.15, 0.2) is 12.4 Å². The number of ketones is 2. The van der Waals surface area contributed by atoms with Crippen LogP contribution in [-0.4, -0.2) is 21.5 Å². The molecular formula is C10H12N2O2. The second kappa shape index (κ2) is 4.60. The van der Waals surface area contributed by atoms with Gasteiger partial charge in [-0.15, -0.1) is 0 Å². The average molecular weight is 192 g/mol. The van der Waals surface area contributed by atoms with Crippen molar-refractivity contribution < 1.29 is 9.59 Å². The second-order valence-corrected chi connectivity index (χ2v) is 2.84. The zero-order valence-corrected chi connectivity index (χ0v) is 8.28. The summed E-state index contributed by atoms with van der Waals surface area (Å²) in [5, 5.41) is 0. The molecule has 1 rings (SSSR count). The lowest BCUT2D eigenvalue weighted by Gasteiger charge is -1.99. The molecular weight excluding hydrogens is 180 g/mol. The highest BCUT2D eigenvalue weighted by atomic mass is 16.1. The summed E-state index contributed by atoms with van der Waals surface area (Å²) in [6.45, 7) is 3.51. The van der Waals surface area contributed by atoms with Crippen molar-refractivity contribution in [2.45, 2.75) is 26.7 Å². The van der Waals surface area contributed by atoms with Crippen molar-refractivity contribution in [3.8, 4) is 0 Å². The minimum Gasteiger partial charge on any atom is -0.292 e. The van der Waals surface area contributed by atoms with Gasteiger partial charge < -0.3 is 0 Å².